The zero-order chi connectivity index (χ0) is 18.8. The third-order valence-electron chi connectivity index (χ3n) is 3.57. The van der Waals surface area contributed by atoms with Gasteiger partial charge in [-0.25, -0.2) is 8.78 Å². The molecular formula is C17H11F2NO3S3. The van der Waals surface area contributed by atoms with Gasteiger partial charge in [-0.1, -0.05) is 30.0 Å². The molecule has 1 fully saturated rings. The number of thioether (sulfide) groups is 1. The van der Waals surface area contributed by atoms with E-state index in [0.29, 0.717) is 20.4 Å². The molecule has 0 spiro atoms. The van der Waals surface area contributed by atoms with E-state index in [4.69, 9.17) is 17.3 Å². The lowest BCUT2D eigenvalue weighted by atomic mass is 10.1. The van der Waals surface area contributed by atoms with Crippen LogP contribution in [0.1, 0.15) is 11.3 Å². The fourth-order valence-corrected chi connectivity index (χ4v) is 4.51. The Morgan fingerprint density at radius 1 is 1.23 bits per heavy atom. The first-order chi connectivity index (χ1) is 12.3. The van der Waals surface area contributed by atoms with Crippen LogP contribution < -0.4 is 0 Å². The van der Waals surface area contributed by atoms with Gasteiger partial charge in [0.15, 0.2) is 11.6 Å². The Labute approximate surface area is 161 Å². The third kappa shape index (κ3) is 4.00. The number of amides is 1. The van der Waals surface area contributed by atoms with Crippen molar-refractivity contribution in [3.8, 4) is 11.1 Å². The zero-order valence-corrected chi connectivity index (χ0v) is 15.5. The summed E-state index contributed by atoms with van der Waals surface area (Å²) in [6.07, 6.45) is 1.48. The molecule has 1 aromatic carbocycles. The van der Waals surface area contributed by atoms with Gasteiger partial charge >= 0.3 is 5.97 Å². The van der Waals surface area contributed by atoms with E-state index in [2.05, 4.69) is 0 Å². The van der Waals surface area contributed by atoms with Crippen LogP contribution in [0, 0.1) is 11.6 Å². The second kappa shape index (κ2) is 7.65. The fraction of sp³-hybridized carbons (Fsp3) is 0.118. The van der Waals surface area contributed by atoms with Crippen molar-refractivity contribution in [3.05, 3.63) is 51.1 Å². The number of carbonyl (C=O) groups is 2. The molecule has 26 heavy (non-hydrogen) atoms. The molecule has 0 unspecified atom stereocenters. The maximum absolute atomic E-state index is 13.4. The van der Waals surface area contributed by atoms with Crippen molar-refractivity contribution in [1.29, 1.82) is 0 Å². The molecule has 9 heteroatoms. The van der Waals surface area contributed by atoms with Gasteiger partial charge in [-0.15, -0.1) is 11.3 Å². The van der Waals surface area contributed by atoms with Gasteiger partial charge in [0.2, 0.25) is 0 Å². The Morgan fingerprint density at radius 3 is 2.69 bits per heavy atom. The van der Waals surface area contributed by atoms with Crippen molar-refractivity contribution >= 4 is 57.6 Å². The van der Waals surface area contributed by atoms with Gasteiger partial charge < -0.3 is 5.11 Å². The smallest absolute Gasteiger partial charge is 0.305 e. The van der Waals surface area contributed by atoms with Gasteiger partial charge in [0.25, 0.3) is 5.91 Å². The van der Waals surface area contributed by atoms with E-state index in [1.165, 1.54) is 22.3 Å². The lowest BCUT2D eigenvalue weighted by Gasteiger charge is -2.12. The predicted molar refractivity (Wildman–Crippen MR) is 102 cm³/mol. The summed E-state index contributed by atoms with van der Waals surface area (Å²) >= 11 is 7.59. The second-order valence-corrected chi connectivity index (χ2v) is 7.96. The van der Waals surface area contributed by atoms with Gasteiger partial charge in [-0.05, 0) is 40.8 Å². The molecule has 2 heterocycles. The fourth-order valence-electron chi connectivity index (χ4n) is 2.29. The van der Waals surface area contributed by atoms with Crippen LogP contribution in [0.5, 0.6) is 0 Å². The molecule has 1 amide bonds. The first kappa shape index (κ1) is 18.7. The quantitative estimate of drug-likeness (QED) is 0.585. The summed E-state index contributed by atoms with van der Waals surface area (Å²) in [5, 5.41) is 10.5. The van der Waals surface area contributed by atoms with Crippen LogP contribution in [-0.2, 0) is 9.59 Å². The van der Waals surface area contributed by atoms with E-state index in [9.17, 15) is 18.4 Å². The first-order valence-corrected chi connectivity index (χ1v) is 9.46. The number of carboxylic acids is 1. The molecule has 1 aliphatic rings. The Hall–Kier alpha value is -2.10. The minimum Gasteiger partial charge on any atom is -0.481 e. The Kier molecular flexibility index (Phi) is 5.49. The van der Waals surface area contributed by atoms with Gasteiger partial charge in [-0.3, -0.25) is 14.5 Å². The number of thiocarbonyl (C=S) groups is 1. The monoisotopic (exact) mass is 411 g/mol. The van der Waals surface area contributed by atoms with E-state index in [1.807, 2.05) is 0 Å². The Morgan fingerprint density at radius 2 is 2.00 bits per heavy atom. The van der Waals surface area contributed by atoms with E-state index in [0.717, 1.165) is 28.8 Å². The van der Waals surface area contributed by atoms with Crippen LogP contribution in [0.4, 0.5) is 8.78 Å². The van der Waals surface area contributed by atoms with E-state index < -0.39 is 17.6 Å². The van der Waals surface area contributed by atoms with Crippen molar-refractivity contribution in [2.45, 2.75) is 6.42 Å². The summed E-state index contributed by atoms with van der Waals surface area (Å²) in [4.78, 5) is 25.5. The maximum atomic E-state index is 13.4. The molecule has 0 radical (unpaired) electrons. The molecule has 1 N–H and O–H groups in total. The number of aliphatic carboxylic acids is 1. The minimum absolute atomic E-state index is 0.0296. The highest BCUT2D eigenvalue weighted by Gasteiger charge is 2.32. The molecule has 3 rings (SSSR count). The minimum atomic E-state index is -1.00. The van der Waals surface area contributed by atoms with Crippen LogP contribution in [-0.4, -0.2) is 32.7 Å². The summed E-state index contributed by atoms with van der Waals surface area (Å²) < 4.78 is 26.7. The number of thiophene rings is 1. The Bertz CT molecular complexity index is 939. The van der Waals surface area contributed by atoms with Gasteiger partial charge in [0, 0.05) is 11.4 Å². The topological polar surface area (TPSA) is 57.6 Å². The van der Waals surface area contributed by atoms with Crippen LogP contribution in [0.25, 0.3) is 17.2 Å². The maximum Gasteiger partial charge on any atom is 0.305 e. The first-order valence-electron chi connectivity index (χ1n) is 7.36. The number of rotatable bonds is 5. The molecule has 2 aromatic rings. The van der Waals surface area contributed by atoms with Crippen LogP contribution in [0.3, 0.4) is 0 Å². The molecule has 0 aliphatic carbocycles. The van der Waals surface area contributed by atoms with Crippen LogP contribution in [0.15, 0.2) is 34.6 Å². The predicted octanol–water partition coefficient (Wildman–Crippen LogP) is 4.37. The highest BCUT2D eigenvalue weighted by atomic mass is 32.2. The summed E-state index contributed by atoms with van der Waals surface area (Å²) in [6.45, 7) is 0.0296. The molecule has 0 atom stereocenters. The number of halogens is 2. The highest BCUT2D eigenvalue weighted by molar-refractivity contribution is 8.26. The number of carbonyl (C=O) groups excluding carboxylic acids is 1. The lowest BCUT2D eigenvalue weighted by molar-refractivity contribution is -0.137. The van der Waals surface area contributed by atoms with Crippen LogP contribution in [0.2, 0.25) is 0 Å². The van der Waals surface area contributed by atoms with Crippen molar-refractivity contribution < 1.29 is 23.5 Å². The summed E-state index contributed by atoms with van der Waals surface area (Å²) in [5.41, 5.74) is 1.25. The van der Waals surface area contributed by atoms with Crippen molar-refractivity contribution in [3.63, 3.8) is 0 Å². The molecule has 134 valence electrons. The molecule has 0 bridgehead atoms. The van der Waals surface area contributed by atoms with Gasteiger partial charge in [0.05, 0.1) is 11.3 Å². The number of benzene rings is 1. The SMILES string of the molecule is O=C(O)CCN1C(=O)C(=Cc2cc(-c3ccc(F)c(F)c3)cs2)SC1=S. The van der Waals surface area contributed by atoms with E-state index in [-0.39, 0.29) is 18.9 Å². The third-order valence-corrected chi connectivity index (χ3v) is 5.83. The molecule has 1 aliphatic heterocycles. The average molecular weight is 411 g/mol. The van der Waals surface area contributed by atoms with Crippen molar-refractivity contribution in [2.24, 2.45) is 0 Å². The number of hydrogen-bond acceptors (Lipinski definition) is 5. The van der Waals surface area contributed by atoms with Gasteiger partial charge in [0.1, 0.15) is 4.32 Å². The number of carboxylic acid groups (broad SMARTS) is 1. The number of nitrogens with zero attached hydrogens (tertiary/aromatic N) is 1. The van der Waals surface area contributed by atoms with Crippen molar-refractivity contribution in [2.75, 3.05) is 6.54 Å². The normalized spacial score (nSPS) is 15.9. The highest BCUT2D eigenvalue weighted by Crippen LogP contribution is 2.35. The molecule has 1 aromatic heterocycles. The zero-order valence-electron chi connectivity index (χ0n) is 13.1. The number of hydrogen-bond donors (Lipinski definition) is 1. The second-order valence-electron chi connectivity index (χ2n) is 5.34. The van der Waals surface area contributed by atoms with Gasteiger partial charge in [-0.2, -0.15) is 0 Å². The summed E-state index contributed by atoms with van der Waals surface area (Å²) in [5.74, 6) is -3.16. The molecule has 1 saturated heterocycles. The largest absolute Gasteiger partial charge is 0.481 e. The standard InChI is InChI=1S/C17H11F2NO3S3/c18-12-2-1-9(6-13(12)19)10-5-11(25-8-10)7-14-16(23)20(17(24)26-14)4-3-15(21)22/h1-2,5-8H,3-4H2,(H,21,22). The van der Waals surface area contributed by atoms with E-state index >= 15 is 0 Å². The average Bonchev–Trinajstić information content (AvgIpc) is 3.14. The summed E-state index contributed by atoms with van der Waals surface area (Å²) in [7, 11) is 0. The molecule has 4 nitrogen and oxygen atoms in total. The molecular weight excluding hydrogens is 400 g/mol. The van der Waals surface area contributed by atoms with Crippen LogP contribution >= 0.6 is 35.3 Å². The lowest BCUT2D eigenvalue weighted by Crippen LogP contribution is -2.30. The van der Waals surface area contributed by atoms with E-state index in [1.54, 1.807) is 17.5 Å². The van der Waals surface area contributed by atoms with Crippen molar-refractivity contribution in [1.82, 2.24) is 4.90 Å². The summed E-state index contributed by atoms with van der Waals surface area (Å²) in [6, 6.07) is 5.43. The Balaban J connectivity index is 1.79. The molecule has 0 saturated carbocycles.